The maximum absolute atomic E-state index is 12.1. The highest BCUT2D eigenvalue weighted by atomic mass is 16.5. The van der Waals surface area contributed by atoms with Crippen LogP contribution in [-0.4, -0.2) is 50.2 Å². The van der Waals surface area contributed by atoms with Gasteiger partial charge in [0.25, 0.3) is 0 Å². The lowest BCUT2D eigenvalue weighted by molar-refractivity contribution is -0.123. The molecule has 6 nitrogen and oxygen atoms in total. The van der Waals surface area contributed by atoms with E-state index in [4.69, 9.17) is 15.2 Å². The first-order valence-corrected chi connectivity index (χ1v) is 9.15. The number of nitrogens with one attached hydrogen (secondary N) is 1. The molecule has 0 bridgehead atoms. The lowest BCUT2D eigenvalue weighted by atomic mass is 9.83. The standard InChI is InChI=1S/C19H27N3O3/c1-24-17-7-12-5-6-22-10-15(21-19(23)11-3-4-11)14(20)9-16(22)13(12)8-18(17)25-2/h7-8,11,14-16H,3-6,9-10,20H2,1-2H3,(H,21,23). The number of fused-ring (bicyclic) bond motifs is 3. The summed E-state index contributed by atoms with van der Waals surface area (Å²) in [6, 6.07) is 4.50. The molecule has 2 fully saturated rings. The van der Waals surface area contributed by atoms with Gasteiger partial charge in [0.15, 0.2) is 11.5 Å². The fraction of sp³-hybridized carbons (Fsp3) is 0.632. The molecular formula is C19H27N3O3. The monoisotopic (exact) mass is 345 g/mol. The van der Waals surface area contributed by atoms with Crippen LogP contribution in [0.5, 0.6) is 11.5 Å². The van der Waals surface area contributed by atoms with E-state index < -0.39 is 0 Å². The van der Waals surface area contributed by atoms with Gasteiger partial charge in [-0.2, -0.15) is 0 Å². The molecular weight excluding hydrogens is 318 g/mol. The average Bonchev–Trinajstić information content (AvgIpc) is 3.46. The topological polar surface area (TPSA) is 76.8 Å². The van der Waals surface area contributed by atoms with Crippen molar-refractivity contribution in [1.29, 1.82) is 0 Å². The van der Waals surface area contributed by atoms with E-state index in [0.29, 0.717) is 0 Å². The minimum absolute atomic E-state index is 0.0250. The molecule has 25 heavy (non-hydrogen) atoms. The van der Waals surface area contributed by atoms with Crippen LogP contribution in [0.1, 0.15) is 36.4 Å². The Balaban J connectivity index is 1.54. The summed E-state index contributed by atoms with van der Waals surface area (Å²) in [6.07, 6.45) is 3.87. The second kappa shape index (κ2) is 6.50. The number of nitrogens with two attached hydrogens (primary N) is 1. The molecule has 0 spiro atoms. The molecule has 0 aromatic heterocycles. The van der Waals surface area contributed by atoms with Crippen LogP contribution in [0.4, 0.5) is 0 Å². The predicted octanol–water partition coefficient (Wildman–Crippen LogP) is 1.23. The molecule has 2 heterocycles. The predicted molar refractivity (Wildman–Crippen MR) is 94.8 cm³/mol. The van der Waals surface area contributed by atoms with Crippen molar-refractivity contribution in [3.05, 3.63) is 23.3 Å². The quantitative estimate of drug-likeness (QED) is 0.858. The summed E-state index contributed by atoms with van der Waals surface area (Å²) in [7, 11) is 3.34. The van der Waals surface area contributed by atoms with E-state index in [1.54, 1.807) is 14.2 Å². The molecule has 6 heteroatoms. The normalized spacial score (nSPS) is 28.7. The average molecular weight is 345 g/mol. The van der Waals surface area contributed by atoms with E-state index in [1.807, 2.05) is 0 Å². The lowest BCUT2D eigenvalue weighted by Crippen LogP contribution is -2.60. The zero-order chi connectivity index (χ0) is 17.6. The number of benzene rings is 1. The molecule has 1 aromatic carbocycles. The Bertz CT molecular complexity index is 674. The summed E-state index contributed by atoms with van der Waals surface area (Å²) in [5, 5.41) is 3.18. The first kappa shape index (κ1) is 16.7. The second-order valence-corrected chi connectivity index (χ2v) is 7.46. The summed E-state index contributed by atoms with van der Waals surface area (Å²) in [5.41, 5.74) is 9.04. The summed E-state index contributed by atoms with van der Waals surface area (Å²) >= 11 is 0. The van der Waals surface area contributed by atoms with Gasteiger partial charge in [-0.25, -0.2) is 0 Å². The highest BCUT2D eigenvalue weighted by molar-refractivity contribution is 5.81. The summed E-state index contributed by atoms with van der Waals surface area (Å²) < 4.78 is 10.9. The van der Waals surface area contributed by atoms with Gasteiger partial charge in [-0.15, -0.1) is 0 Å². The van der Waals surface area contributed by atoms with Crippen LogP contribution < -0.4 is 20.5 Å². The van der Waals surface area contributed by atoms with Gasteiger partial charge in [-0.3, -0.25) is 9.69 Å². The first-order valence-electron chi connectivity index (χ1n) is 9.15. The van der Waals surface area contributed by atoms with Gasteiger partial charge in [0.05, 0.1) is 20.3 Å². The zero-order valence-corrected chi connectivity index (χ0v) is 15.0. The lowest BCUT2D eigenvalue weighted by Gasteiger charge is -2.46. The van der Waals surface area contributed by atoms with E-state index in [9.17, 15) is 4.79 Å². The summed E-state index contributed by atoms with van der Waals surface area (Å²) in [4.78, 5) is 14.6. The third kappa shape index (κ3) is 3.09. The molecule has 1 saturated carbocycles. The molecule has 4 rings (SSSR count). The van der Waals surface area contributed by atoms with Crippen molar-refractivity contribution in [2.75, 3.05) is 27.3 Å². The molecule has 1 aliphatic carbocycles. The number of carbonyl (C=O) groups is 1. The number of piperidine rings is 1. The van der Waals surface area contributed by atoms with Crippen LogP contribution in [0.3, 0.4) is 0 Å². The fourth-order valence-electron chi connectivity index (χ4n) is 4.18. The number of carbonyl (C=O) groups excluding carboxylic acids is 1. The van der Waals surface area contributed by atoms with Crippen molar-refractivity contribution in [1.82, 2.24) is 10.2 Å². The summed E-state index contributed by atoms with van der Waals surface area (Å²) in [6.45, 7) is 1.80. The molecule has 2 aliphatic heterocycles. The van der Waals surface area contributed by atoms with Gasteiger partial charge < -0.3 is 20.5 Å². The molecule has 1 aromatic rings. The van der Waals surface area contributed by atoms with Crippen molar-refractivity contribution in [2.24, 2.45) is 11.7 Å². The van der Waals surface area contributed by atoms with Crippen LogP contribution in [0.15, 0.2) is 12.1 Å². The molecule has 3 unspecified atom stereocenters. The number of nitrogens with zero attached hydrogens (tertiary/aromatic N) is 1. The highest BCUT2D eigenvalue weighted by Gasteiger charge is 2.40. The maximum atomic E-state index is 12.1. The van der Waals surface area contributed by atoms with Crippen molar-refractivity contribution in [3.63, 3.8) is 0 Å². The maximum Gasteiger partial charge on any atom is 0.223 e. The molecule has 1 amide bonds. The number of hydrogen-bond donors (Lipinski definition) is 2. The third-order valence-electron chi connectivity index (χ3n) is 5.83. The molecule has 1 saturated heterocycles. The Hall–Kier alpha value is -1.79. The summed E-state index contributed by atoms with van der Waals surface area (Å²) in [5.74, 6) is 1.96. The van der Waals surface area contributed by atoms with Crippen molar-refractivity contribution < 1.29 is 14.3 Å². The minimum Gasteiger partial charge on any atom is -0.493 e. The van der Waals surface area contributed by atoms with Gasteiger partial charge in [-0.05, 0) is 48.9 Å². The van der Waals surface area contributed by atoms with E-state index in [-0.39, 0.29) is 30.0 Å². The SMILES string of the molecule is COc1cc2c(cc1OC)C1CC(N)C(NC(=O)C3CC3)CN1CC2. The van der Waals surface area contributed by atoms with Crippen LogP contribution in [0, 0.1) is 5.92 Å². The van der Waals surface area contributed by atoms with Crippen LogP contribution in [0.25, 0.3) is 0 Å². The Kier molecular flexibility index (Phi) is 4.33. The Morgan fingerprint density at radius 2 is 1.96 bits per heavy atom. The third-order valence-corrected chi connectivity index (χ3v) is 5.83. The Labute approximate surface area is 148 Å². The fourth-order valence-corrected chi connectivity index (χ4v) is 4.18. The smallest absolute Gasteiger partial charge is 0.223 e. The van der Waals surface area contributed by atoms with E-state index in [1.165, 1.54) is 11.1 Å². The van der Waals surface area contributed by atoms with Gasteiger partial charge in [0.1, 0.15) is 0 Å². The van der Waals surface area contributed by atoms with Crippen molar-refractivity contribution in [2.45, 2.75) is 43.8 Å². The minimum atomic E-state index is -0.0250. The largest absolute Gasteiger partial charge is 0.493 e. The Morgan fingerprint density at radius 1 is 1.24 bits per heavy atom. The molecule has 3 aliphatic rings. The second-order valence-electron chi connectivity index (χ2n) is 7.46. The first-order chi connectivity index (χ1) is 12.1. The van der Waals surface area contributed by atoms with E-state index in [2.05, 4.69) is 22.3 Å². The molecule has 3 N–H and O–H groups in total. The number of methoxy groups -OCH3 is 2. The van der Waals surface area contributed by atoms with Gasteiger partial charge >= 0.3 is 0 Å². The zero-order valence-electron chi connectivity index (χ0n) is 15.0. The van der Waals surface area contributed by atoms with Crippen LogP contribution >= 0.6 is 0 Å². The van der Waals surface area contributed by atoms with Crippen molar-refractivity contribution in [3.8, 4) is 11.5 Å². The number of amides is 1. The molecule has 0 radical (unpaired) electrons. The van der Waals surface area contributed by atoms with Crippen LogP contribution in [0.2, 0.25) is 0 Å². The number of ether oxygens (including phenoxy) is 2. The van der Waals surface area contributed by atoms with E-state index in [0.717, 1.165) is 50.3 Å². The number of rotatable bonds is 4. The highest BCUT2D eigenvalue weighted by Crippen LogP contribution is 2.41. The van der Waals surface area contributed by atoms with Gasteiger partial charge in [0.2, 0.25) is 5.91 Å². The van der Waals surface area contributed by atoms with Gasteiger partial charge in [0, 0.05) is 31.1 Å². The molecule has 3 atom stereocenters. The van der Waals surface area contributed by atoms with Gasteiger partial charge in [-0.1, -0.05) is 0 Å². The van der Waals surface area contributed by atoms with Crippen molar-refractivity contribution >= 4 is 5.91 Å². The van der Waals surface area contributed by atoms with E-state index >= 15 is 0 Å². The number of hydrogen-bond acceptors (Lipinski definition) is 5. The Morgan fingerprint density at radius 3 is 2.64 bits per heavy atom. The molecule has 136 valence electrons. The van der Waals surface area contributed by atoms with Crippen LogP contribution in [-0.2, 0) is 11.2 Å².